The summed E-state index contributed by atoms with van der Waals surface area (Å²) in [6.07, 6.45) is 0. The minimum absolute atomic E-state index is 0. The highest BCUT2D eigenvalue weighted by Crippen LogP contribution is 2.21. The van der Waals surface area contributed by atoms with E-state index in [-0.39, 0.29) is 42.3 Å². The van der Waals surface area contributed by atoms with Crippen LogP contribution >= 0.6 is 24.0 Å². The molecule has 2 N–H and O–H groups in total. The zero-order valence-corrected chi connectivity index (χ0v) is 17.5. The van der Waals surface area contributed by atoms with Gasteiger partial charge in [-0.1, -0.05) is 6.07 Å². The molecule has 0 fully saturated rings. The van der Waals surface area contributed by atoms with E-state index in [0.29, 0.717) is 22.6 Å². The van der Waals surface area contributed by atoms with Gasteiger partial charge in [0.05, 0.1) is 24.8 Å². The van der Waals surface area contributed by atoms with Crippen molar-refractivity contribution in [2.75, 3.05) is 14.2 Å². The Bertz CT molecular complexity index is 852. The number of rotatable bonds is 5. The monoisotopic (exact) mass is 486 g/mol. The minimum atomic E-state index is -0.447. The van der Waals surface area contributed by atoms with Crippen molar-refractivity contribution in [2.45, 2.75) is 19.5 Å². The van der Waals surface area contributed by atoms with Crippen LogP contribution in [0.3, 0.4) is 0 Å². The van der Waals surface area contributed by atoms with E-state index in [1.54, 1.807) is 19.2 Å². The van der Waals surface area contributed by atoms with Gasteiger partial charge in [0, 0.05) is 19.2 Å². The molecule has 2 rings (SSSR count). The third-order valence-corrected chi connectivity index (χ3v) is 3.87. The van der Waals surface area contributed by atoms with Crippen LogP contribution in [0.15, 0.2) is 41.4 Å². The van der Waals surface area contributed by atoms with Crippen LogP contribution < -0.4 is 15.4 Å². The Labute approximate surface area is 174 Å². The standard InChI is InChI=1S/C19H20F2N4O.HI/c1-12(14-5-7-18(26-3)17(21)9-14)25-19(23-2)24-11-15-8-13(10-22)4-6-16(15)20;/h4-9,12H,11H2,1-3H3,(H2,23,24,25);1H. The number of nitrogens with zero attached hydrogens (tertiary/aromatic N) is 2. The van der Waals surface area contributed by atoms with Gasteiger partial charge in [-0.3, -0.25) is 4.99 Å². The lowest BCUT2D eigenvalue weighted by molar-refractivity contribution is 0.386. The van der Waals surface area contributed by atoms with Crippen molar-refractivity contribution in [1.82, 2.24) is 10.6 Å². The van der Waals surface area contributed by atoms with Crippen molar-refractivity contribution >= 4 is 29.9 Å². The number of nitrogens with one attached hydrogen (secondary N) is 2. The zero-order chi connectivity index (χ0) is 19.1. The number of benzene rings is 2. The van der Waals surface area contributed by atoms with Crippen LogP contribution in [0.5, 0.6) is 5.75 Å². The summed E-state index contributed by atoms with van der Waals surface area (Å²) < 4.78 is 32.6. The molecule has 1 atom stereocenters. The predicted octanol–water partition coefficient (Wildman–Crippen LogP) is 3.89. The van der Waals surface area contributed by atoms with Gasteiger partial charge >= 0.3 is 0 Å². The summed E-state index contributed by atoms with van der Waals surface area (Å²) in [4.78, 5) is 4.09. The van der Waals surface area contributed by atoms with Crippen LogP contribution in [-0.4, -0.2) is 20.1 Å². The molecular weight excluding hydrogens is 465 g/mol. The molecule has 0 saturated carbocycles. The Kier molecular flexibility index (Phi) is 8.94. The molecular formula is C19H21F2IN4O. The number of aliphatic imine (C=N–C) groups is 1. The molecule has 0 spiro atoms. The molecule has 0 saturated heterocycles. The fourth-order valence-corrected chi connectivity index (χ4v) is 2.39. The average Bonchev–Trinajstić information content (AvgIpc) is 2.65. The van der Waals surface area contributed by atoms with E-state index in [2.05, 4.69) is 15.6 Å². The summed E-state index contributed by atoms with van der Waals surface area (Å²) in [5.41, 5.74) is 1.45. The van der Waals surface area contributed by atoms with Crippen LogP contribution in [0.4, 0.5) is 8.78 Å². The summed E-state index contributed by atoms with van der Waals surface area (Å²) in [6, 6.07) is 10.6. The summed E-state index contributed by atoms with van der Waals surface area (Å²) >= 11 is 0. The van der Waals surface area contributed by atoms with Gasteiger partial charge in [0.2, 0.25) is 0 Å². The highest BCUT2D eigenvalue weighted by molar-refractivity contribution is 14.0. The van der Waals surface area contributed by atoms with Crippen molar-refractivity contribution in [1.29, 1.82) is 5.26 Å². The molecule has 0 aliphatic rings. The molecule has 0 heterocycles. The Balaban J connectivity index is 0.00000364. The fraction of sp³-hybridized carbons (Fsp3) is 0.263. The molecule has 0 amide bonds. The van der Waals surface area contributed by atoms with E-state index in [4.69, 9.17) is 10.00 Å². The minimum Gasteiger partial charge on any atom is -0.494 e. The molecule has 0 aromatic heterocycles. The van der Waals surface area contributed by atoms with E-state index in [9.17, 15) is 8.78 Å². The fourth-order valence-electron chi connectivity index (χ4n) is 2.39. The average molecular weight is 486 g/mol. The SMILES string of the molecule is CN=C(NCc1cc(C#N)ccc1F)NC(C)c1ccc(OC)c(F)c1.I. The third kappa shape index (κ3) is 6.06. The van der Waals surface area contributed by atoms with Crippen molar-refractivity contribution in [3.8, 4) is 11.8 Å². The van der Waals surface area contributed by atoms with E-state index in [1.165, 1.54) is 31.4 Å². The van der Waals surface area contributed by atoms with E-state index < -0.39 is 11.6 Å². The number of hydrogen-bond acceptors (Lipinski definition) is 3. The Morgan fingerprint density at radius 2 is 1.96 bits per heavy atom. The summed E-state index contributed by atoms with van der Waals surface area (Å²) in [5, 5.41) is 15.0. The van der Waals surface area contributed by atoms with Crippen molar-refractivity contribution < 1.29 is 13.5 Å². The van der Waals surface area contributed by atoms with Crippen LogP contribution in [0.1, 0.15) is 29.7 Å². The summed E-state index contributed by atoms with van der Waals surface area (Å²) in [6.45, 7) is 2.01. The Hall–Kier alpha value is -2.41. The van der Waals surface area contributed by atoms with Gasteiger partial charge < -0.3 is 15.4 Å². The van der Waals surface area contributed by atoms with Crippen LogP contribution in [0, 0.1) is 23.0 Å². The summed E-state index contributed by atoms with van der Waals surface area (Å²) in [7, 11) is 2.99. The van der Waals surface area contributed by atoms with Gasteiger partial charge in [-0.15, -0.1) is 24.0 Å². The van der Waals surface area contributed by atoms with Crippen LogP contribution in [0.2, 0.25) is 0 Å². The topological polar surface area (TPSA) is 69.4 Å². The highest BCUT2D eigenvalue weighted by atomic mass is 127. The van der Waals surface area contributed by atoms with E-state index in [1.807, 2.05) is 13.0 Å². The largest absolute Gasteiger partial charge is 0.494 e. The summed E-state index contributed by atoms with van der Waals surface area (Å²) in [5.74, 6) is -0.249. The second kappa shape index (κ2) is 10.7. The molecule has 0 radical (unpaired) electrons. The molecule has 1 unspecified atom stereocenters. The number of methoxy groups -OCH3 is 1. The number of halogens is 3. The second-order valence-electron chi connectivity index (χ2n) is 5.60. The lowest BCUT2D eigenvalue weighted by Gasteiger charge is -2.19. The lowest BCUT2D eigenvalue weighted by Crippen LogP contribution is -2.38. The molecule has 0 aliphatic heterocycles. The third-order valence-electron chi connectivity index (χ3n) is 3.87. The molecule has 8 heteroatoms. The van der Waals surface area contributed by atoms with Gasteiger partial charge in [-0.25, -0.2) is 8.78 Å². The molecule has 2 aromatic rings. The maximum Gasteiger partial charge on any atom is 0.191 e. The smallest absolute Gasteiger partial charge is 0.191 e. The maximum atomic E-state index is 13.8. The molecule has 2 aromatic carbocycles. The molecule has 0 aliphatic carbocycles. The van der Waals surface area contributed by atoms with Crippen molar-refractivity contribution in [3.05, 3.63) is 64.7 Å². The quantitative estimate of drug-likeness (QED) is 0.383. The van der Waals surface area contributed by atoms with Gasteiger partial charge in [-0.2, -0.15) is 5.26 Å². The first-order valence-corrected chi connectivity index (χ1v) is 7.97. The maximum absolute atomic E-state index is 13.8. The van der Waals surface area contributed by atoms with Gasteiger partial charge in [0.25, 0.3) is 0 Å². The predicted molar refractivity (Wildman–Crippen MR) is 111 cm³/mol. The van der Waals surface area contributed by atoms with Gasteiger partial charge in [0.15, 0.2) is 17.5 Å². The number of ether oxygens (including phenoxy) is 1. The molecule has 27 heavy (non-hydrogen) atoms. The molecule has 0 bridgehead atoms. The first-order chi connectivity index (χ1) is 12.5. The van der Waals surface area contributed by atoms with Gasteiger partial charge in [0.1, 0.15) is 5.82 Å². The van der Waals surface area contributed by atoms with Crippen LogP contribution in [0.25, 0.3) is 0 Å². The normalized spacial score (nSPS) is 11.8. The number of guanidine groups is 1. The first-order valence-electron chi connectivity index (χ1n) is 7.97. The number of nitriles is 1. The zero-order valence-electron chi connectivity index (χ0n) is 15.2. The molecule has 144 valence electrons. The van der Waals surface area contributed by atoms with Crippen molar-refractivity contribution in [3.63, 3.8) is 0 Å². The highest BCUT2D eigenvalue weighted by Gasteiger charge is 2.12. The second-order valence-corrected chi connectivity index (χ2v) is 5.60. The Morgan fingerprint density at radius 1 is 1.22 bits per heavy atom. The van der Waals surface area contributed by atoms with E-state index in [0.717, 1.165) is 0 Å². The van der Waals surface area contributed by atoms with Crippen molar-refractivity contribution in [2.24, 2.45) is 4.99 Å². The molecule has 5 nitrogen and oxygen atoms in total. The van der Waals surface area contributed by atoms with Crippen LogP contribution in [-0.2, 0) is 6.54 Å². The Morgan fingerprint density at radius 3 is 2.56 bits per heavy atom. The van der Waals surface area contributed by atoms with Gasteiger partial charge in [-0.05, 0) is 42.8 Å². The number of hydrogen-bond donors (Lipinski definition) is 2. The van der Waals surface area contributed by atoms with E-state index >= 15 is 0 Å². The first kappa shape index (κ1) is 22.6. The lowest BCUT2D eigenvalue weighted by atomic mass is 10.1.